The number of nitrogens with one attached hydrogen (secondary N) is 1. The SMILES string of the molecule is O=[N+]([O-])c1ccc(Cn2cc(Nc3ncc(Cl)c(-c4cn(S(=O)(=O)c5ccccc5)c5ccccc45)n3)cn2)c(F)c1. The van der Waals surface area contributed by atoms with Crippen molar-refractivity contribution in [2.45, 2.75) is 11.4 Å². The molecule has 0 bridgehead atoms. The first-order valence-corrected chi connectivity index (χ1v) is 14.2. The molecule has 3 aromatic heterocycles. The summed E-state index contributed by atoms with van der Waals surface area (Å²) in [4.78, 5) is 19.1. The number of para-hydroxylation sites is 1. The maximum atomic E-state index is 14.3. The second-order valence-electron chi connectivity index (χ2n) is 9.15. The van der Waals surface area contributed by atoms with Crippen LogP contribution in [0.4, 0.5) is 21.7 Å². The van der Waals surface area contributed by atoms with Gasteiger partial charge in [0.1, 0.15) is 5.82 Å². The molecule has 3 aromatic carbocycles. The van der Waals surface area contributed by atoms with E-state index in [1.807, 2.05) is 0 Å². The summed E-state index contributed by atoms with van der Waals surface area (Å²) >= 11 is 6.51. The lowest BCUT2D eigenvalue weighted by atomic mass is 10.1. The molecule has 210 valence electrons. The van der Waals surface area contributed by atoms with E-state index in [9.17, 15) is 22.9 Å². The second kappa shape index (κ2) is 10.7. The van der Waals surface area contributed by atoms with E-state index in [0.717, 1.165) is 6.07 Å². The number of anilines is 2. The number of aromatic nitrogens is 5. The van der Waals surface area contributed by atoms with E-state index in [1.54, 1.807) is 48.7 Å². The minimum Gasteiger partial charge on any atom is -0.321 e. The minimum atomic E-state index is -3.91. The lowest BCUT2D eigenvalue weighted by Crippen LogP contribution is -2.11. The molecule has 0 aliphatic rings. The topological polar surface area (TPSA) is 138 Å². The Kier molecular flexibility index (Phi) is 6.88. The van der Waals surface area contributed by atoms with Gasteiger partial charge < -0.3 is 5.32 Å². The van der Waals surface area contributed by atoms with Gasteiger partial charge in [0, 0.05) is 35.0 Å². The summed E-state index contributed by atoms with van der Waals surface area (Å²) in [5.41, 5.74) is 1.63. The first-order chi connectivity index (χ1) is 20.2. The molecule has 0 atom stereocenters. The van der Waals surface area contributed by atoms with Crippen molar-refractivity contribution in [1.82, 2.24) is 23.7 Å². The van der Waals surface area contributed by atoms with Crippen molar-refractivity contribution >= 4 is 49.9 Å². The Bertz CT molecular complexity index is 2080. The zero-order chi connectivity index (χ0) is 29.4. The van der Waals surface area contributed by atoms with E-state index in [4.69, 9.17) is 11.6 Å². The minimum absolute atomic E-state index is 0.0353. The zero-order valence-corrected chi connectivity index (χ0v) is 23.0. The van der Waals surface area contributed by atoms with Gasteiger partial charge in [-0.25, -0.2) is 26.7 Å². The zero-order valence-electron chi connectivity index (χ0n) is 21.4. The predicted molar refractivity (Wildman–Crippen MR) is 155 cm³/mol. The van der Waals surface area contributed by atoms with Crippen molar-refractivity contribution in [3.05, 3.63) is 124 Å². The largest absolute Gasteiger partial charge is 0.321 e. The highest BCUT2D eigenvalue weighted by atomic mass is 35.5. The highest BCUT2D eigenvalue weighted by Gasteiger charge is 2.23. The van der Waals surface area contributed by atoms with Crippen LogP contribution >= 0.6 is 11.6 Å². The van der Waals surface area contributed by atoms with Crippen molar-refractivity contribution in [3.8, 4) is 11.3 Å². The van der Waals surface area contributed by atoms with Gasteiger partial charge in [0.05, 0.1) is 56.7 Å². The number of nitro benzene ring substituents is 1. The number of fused-ring (bicyclic) bond motifs is 1. The molecule has 0 spiro atoms. The van der Waals surface area contributed by atoms with Crippen LogP contribution in [0.1, 0.15) is 5.56 Å². The average Bonchev–Trinajstić information content (AvgIpc) is 3.60. The summed E-state index contributed by atoms with van der Waals surface area (Å²) in [6.45, 7) is 0.0353. The standard InChI is InChI=1S/C28H19ClFN7O4S/c29-24-14-31-28(33-19-13-32-35(16-19)15-18-10-11-20(37(38)39)12-25(18)30)34-27(24)23-17-36(26-9-5-4-8-22(23)26)42(40,41)21-6-2-1-3-7-21/h1-14,16-17H,15H2,(H,31,33,34). The third-order valence-electron chi connectivity index (χ3n) is 6.45. The maximum absolute atomic E-state index is 14.3. The fourth-order valence-corrected chi connectivity index (χ4v) is 6.04. The van der Waals surface area contributed by atoms with Crippen LogP contribution in [0, 0.1) is 15.9 Å². The monoisotopic (exact) mass is 603 g/mol. The fourth-order valence-electron chi connectivity index (χ4n) is 4.46. The molecular formula is C28H19ClFN7O4S. The molecule has 0 aliphatic carbocycles. The molecule has 11 nitrogen and oxygen atoms in total. The molecule has 42 heavy (non-hydrogen) atoms. The molecule has 0 radical (unpaired) electrons. The van der Waals surface area contributed by atoms with Crippen LogP contribution in [-0.2, 0) is 16.6 Å². The molecular weight excluding hydrogens is 585 g/mol. The molecule has 6 aromatic rings. The molecule has 0 unspecified atom stereocenters. The van der Waals surface area contributed by atoms with Gasteiger partial charge in [-0.1, -0.05) is 48.0 Å². The van der Waals surface area contributed by atoms with Crippen molar-refractivity contribution in [2.24, 2.45) is 0 Å². The van der Waals surface area contributed by atoms with Crippen LogP contribution < -0.4 is 5.32 Å². The Morgan fingerprint density at radius 2 is 1.76 bits per heavy atom. The smallest absolute Gasteiger partial charge is 0.272 e. The maximum Gasteiger partial charge on any atom is 0.272 e. The van der Waals surface area contributed by atoms with E-state index in [-0.39, 0.29) is 33.7 Å². The Morgan fingerprint density at radius 1 is 1.00 bits per heavy atom. The van der Waals surface area contributed by atoms with E-state index in [1.165, 1.54) is 51.5 Å². The van der Waals surface area contributed by atoms with Crippen LogP contribution in [0.15, 0.2) is 102 Å². The van der Waals surface area contributed by atoms with Crippen LogP contribution in [0.2, 0.25) is 5.02 Å². The highest BCUT2D eigenvalue weighted by molar-refractivity contribution is 7.90. The number of non-ortho nitro benzene ring substituents is 1. The van der Waals surface area contributed by atoms with Crippen LogP contribution in [0.3, 0.4) is 0 Å². The van der Waals surface area contributed by atoms with Crippen molar-refractivity contribution < 1.29 is 17.7 Å². The summed E-state index contributed by atoms with van der Waals surface area (Å²) in [5, 5.41) is 18.9. The van der Waals surface area contributed by atoms with Crippen LogP contribution in [0.5, 0.6) is 0 Å². The number of hydrogen-bond acceptors (Lipinski definition) is 8. The first kappa shape index (κ1) is 27.1. The molecule has 0 fully saturated rings. The van der Waals surface area contributed by atoms with E-state index >= 15 is 0 Å². The Labute approximate surface area is 243 Å². The number of hydrogen-bond donors (Lipinski definition) is 1. The number of benzene rings is 3. The average molecular weight is 604 g/mol. The number of rotatable bonds is 8. The van der Waals surface area contributed by atoms with Gasteiger partial charge >= 0.3 is 0 Å². The summed E-state index contributed by atoms with van der Waals surface area (Å²) in [6.07, 6.45) is 5.97. The van der Waals surface area contributed by atoms with E-state index in [0.29, 0.717) is 27.8 Å². The molecule has 3 heterocycles. The van der Waals surface area contributed by atoms with Gasteiger partial charge in [-0.2, -0.15) is 5.10 Å². The fraction of sp³-hybridized carbons (Fsp3) is 0.0357. The molecule has 14 heteroatoms. The number of nitrogens with zero attached hydrogens (tertiary/aromatic N) is 6. The van der Waals surface area contributed by atoms with Gasteiger partial charge in [-0.05, 0) is 24.3 Å². The lowest BCUT2D eigenvalue weighted by Gasteiger charge is -2.07. The Hall–Kier alpha value is -5.14. The molecule has 0 amide bonds. The van der Waals surface area contributed by atoms with Crippen LogP contribution in [0.25, 0.3) is 22.2 Å². The van der Waals surface area contributed by atoms with Gasteiger partial charge in [0.15, 0.2) is 0 Å². The molecule has 6 rings (SSSR count). The quantitative estimate of drug-likeness (QED) is 0.164. The van der Waals surface area contributed by atoms with E-state index < -0.39 is 20.8 Å². The summed E-state index contributed by atoms with van der Waals surface area (Å²) < 4.78 is 44.0. The summed E-state index contributed by atoms with van der Waals surface area (Å²) in [7, 11) is -3.91. The van der Waals surface area contributed by atoms with Crippen molar-refractivity contribution in [3.63, 3.8) is 0 Å². The molecule has 0 saturated heterocycles. The summed E-state index contributed by atoms with van der Waals surface area (Å²) in [6, 6.07) is 18.6. The highest BCUT2D eigenvalue weighted by Crippen LogP contribution is 2.36. The second-order valence-corrected chi connectivity index (χ2v) is 11.4. The first-order valence-electron chi connectivity index (χ1n) is 12.4. The van der Waals surface area contributed by atoms with Crippen molar-refractivity contribution in [2.75, 3.05) is 5.32 Å². The Balaban J connectivity index is 1.31. The van der Waals surface area contributed by atoms with Crippen molar-refractivity contribution in [1.29, 1.82) is 0 Å². The third kappa shape index (κ3) is 5.06. The molecule has 0 aliphatic heterocycles. The van der Waals surface area contributed by atoms with Gasteiger partial charge in [-0.3, -0.25) is 14.8 Å². The van der Waals surface area contributed by atoms with Gasteiger partial charge in [0.25, 0.3) is 15.7 Å². The van der Waals surface area contributed by atoms with Crippen LogP contribution in [-0.4, -0.2) is 37.1 Å². The summed E-state index contributed by atoms with van der Waals surface area (Å²) in [5.74, 6) is -0.549. The molecule has 1 N–H and O–H groups in total. The van der Waals surface area contributed by atoms with E-state index in [2.05, 4.69) is 20.4 Å². The molecule has 0 saturated carbocycles. The van der Waals surface area contributed by atoms with Gasteiger partial charge in [0.2, 0.25) is 5.95 Å². The normalized spacial score (nSPS) is 11.6. The van der Waals surface area contributed by atoms with Gasteiger partial charge in [-0.15, -0.1) is 0 Å². The Morgan fingerprint density at radius 3 is 2.52 bits per heavy atom. The number of halogens is 2. The third-order valence-corrected chi connectivity index (χ3v) is 8.41. The number of nitro groups is 1. The lowest BCUT2D eigenvalue weighted by molar-refractivity contribution is -0.385. The predicted octanol–water partition coefficient (Wildman–Crippen LogP) is 6.02.